The summed E-state index contributed by atoms with van der Waals surface area (Å²) in [5.74, 6) is -16.9. The van der Waals surface area contributed by atoms with E-state index in [-0.39, 0.29) is 22.1 Å². The molecule has 1 saturated carbocycles. The number of halogens is 6. The largest absolute Gasteiger partial charge is 0.507 e. The van der Waals surface area contributed by atoms with Crippen molar-refractivity contribution in [1.82, 2.24) is 4.31 Å². The highest BCUT2D eigenvalue weighted by Crippen LogP contribution is 2.34. The number of nitrogens with zero attached hydrogens (tertiary/aromatic N) is 2. The Balaban J connectivity index is 1.56. The van der Waals surface area contributed by atoms with Gasteiger partial charge in [0, 0.05) is 18.3 Å². The first-order valence-corrected chi connectivity index (χ1v) is 16.8. The number of amides is 1. The van der Waals surface area contributed by atoms with Crippen LogP contribution in [0.5, 0.6) is 5.75 Å². The Morgan fingerprint density at radius 2 is 1.36 bits per heavy atom. The van der Waals surface area contributed by atoms with Gasteiger partial charge in [0.25, 0.3) is 0 Å². The molecule has 1 aliphatic carbocycles. The molecule has 4 aromatic rings. The average Bonchev–Trinajstić information content (AvgIpc) is 3.09. The van der Waals surface area contributed by atoms with Crippen LogP contribution in [0.2, 0.25) is 0 Å². The van der Waals surface area contributed by atoms with Gasteiger partial charge in [-0.25, -0.2) is 39.6 Å². The molecule has 1 fully saturated rings. The van der Waals surface area contributed by atoms with Gasteiger partial charge in [0.15, 0.2) is 28.2 Å². The van der Waals surface area contributed by atoms with Gasteiger partial charge in [-0.3, -0.25) is 4.79 Å². The van der Waals surface area contributed by atoms with E-state index < -0.39 is 86.1 Å². The maximum absolute atomic E-state index is 14.9. The average molecular weight is 721 g/mol. The Morgan fingerprint density at radius 1 is 0.740 bits per heavy atom. The number of benzene rings is 4. The molecule has 2 N–H and O–H groups in total. The van der Waals surface area contributed by atoms with Crippen LogP contribution in [0.1, 0.15) is 65.1 Å². The van der Waals surface area contributed by atoms with Crippen LogP contribution in [-0.4, -0.2) is 41.4 Å². The van der Waals surface area contributed by atoms with Gasteiger partial charge < -0.3 is 15.1 Å². The van der Waals surface area contributed by atoms with E-state index in [9.17, 15) is 54.6 Å². The molecule has 5 rings (SSSR count). The quantitative estimate of drug-likeness (QED) is 0.0949. The molecule has 1 amide bonds. The Bertz CT molecular complexity index is 2010. The van der Waals surface area contributed by atoms with Crippen LogP contribution >= 0.6 is 0 Å². The van der Waals surface area contributed by atoms with Gasteiger partial charge in [-0.1, -0.05) is 55.7 Å². The van der Waals surface area contributed by atoms with Crippen molar-refractivity contribution >= 4 is 27.6 Å². The molecule has 264 valence electrons. The summed E-state index contributed by atoms with van der Waals surface area (Å²) in [6, 6.07) is 14.5. The summed E-state index contributed by atoms with van der Waals surface area (Å²) in [4.78, 5) is 24.3. The van der Waals surface area contributed by atoms with Gasteiger partial charge >= 0.3 is 5.97 Å². The lowest BCUT2D eigenvalue weighted by Gasteiger charge is -2.28. The number of carboxylic acids is 1. The zero-order valence-electron chi connectivity index (χ0n) is 26.2. The van der Waals surface area contributed by atoms with Crippen molar-refractivity contribution in [1.29, 1.82) is 0 Å². The number of anilines is 1. The standard InChI is InChI=1S/C35H30F6N2O6S/c36-24-8-4-5-21(15-24)17-42(50(48,49)34-32(40)30(38)29(37)31(39)33(34)41)19-28(45)43(25-13-14-26(35(46)47)27(44)16-25)18-20-9-11-23(12-10-20)22-6-2-1-3-7-22/h4-5,8-16,22,44H,1-3,6-7,17-19H2,(H,46,47). The van der Waals surface area contributed by atoms with E-state index in [1.54, 1.807) is 12.1 Å². The second-order valence-corrected chi connectivity index (χ2v) is 13.7. The number of hydrogen-bond acceptors (Lipinski definition) is 5. The van der Waals surface area contributed by atoms with Gasteiger partial charge in [-0.05, 0) is 59.7 Å². The number of sulfonamides is 1. The number of carbonyl (C=O) groups is 2. The van der Waals surface area contributed by atoms with Crippen molar-refractivity contribution in [3.8, 4) is 5.75 Å². The van der Waals surface area contributed by atoms with E-state index in [2.05, 4.69) is 0 Å². The van der Waals surface area contributed by atoms with E-state index in [1.807, 2.05) is 12.1 Å². The van der Waals surface area contributed by atoms with Gasteiger partial charge in [-0.2, -0.15) is 4.31 Å². The third-order valence-electron chi connectivity index (χ3n) is 8.55. The first-order valence-electron chi connectivity index (χ1n) is 15.4. The molecule has 4 aromatic carbocycles. The number of hydrogen-bond donors (Lipinski definition) is 2. The zero-order chi connectivity index (χ0) is 36.3. The Morgan fingerprint density at radius 3 is 1.94 bits per heavy atom. The van der Waals surface area contributed by atoms with Crippen molar-refractivity contribution in [2.75, 3.05) is 11.4 Å². The molecule has 0 atom stereocenters. The summed E-state index contributed by atoms with van der Waals surface area (Å²) in [6.07, 6.45) is 5.35. The topological polar surface area (TPSA) is 115 Å². The van der Waals surface area contributed by atoms with Crippen LogP contribution in [0.4, 0.5) is 32.0 Å². The lowest BCUT2D eigenvalue weighted by molar-refractivity contribution is -0.119. The maximum Gasteiger partial charge on any atom is 0.339 e. The van der Waals surface area contributed by atoms with Crippen LogP contribution in [0, 0.1) is 34.9 Å². The van der Waals surface area contributed by atoms with Crippen molar-refractivity contribution in [2.45, 2.75) is 56.0 Å². The molecule has 0 radical (unpaired) electrons. The molecular weight excluding hydrogens is 690 g/mol. The van der Waals surface area contributed by atoms with E-state index >= 15 is 0 Å². The van der Waals surface area contributed by atoms with Crippen molar-refractivity contribution in [3.05, 3.63) is 124 Å². The second-order valence-electron chi connectivity index (χ2n) is 11.9. The Labute approximate surface area is 283 Å². The number of aromatic carboxylic acids is 1. The van der Waals surface area contributed by atoms with Crippen molar-refractivity contribution in [2.24, 2.45) is 0 Å². The Hall–Kier alpha value is -4.89. The number of aromatic hydroxyl groups is 1. The molecule has 0 bridgehead atoms. The van der Waals surface area contributed by atoms with E-state index in [0.717, 1.165) is 72.9 Å². The molecular formula is C35H30F6N2O6S. The minimum absolute atomic E-state index is 0.117. The lowest BCUT2D eigenvalue weighted by atomic mass is 9.84. The third-order valence-corrected chi connectivity index (χ3v) is 10.4. The summed E-state index contributed by atoms with van der Waals surface area (Å²) >= 11 is 0. The summed E-state index contributed by atoms with van der Waals surface area (Å²) in [5.41, 5.74) is 0.815. The highest BCUT2D eigenvalue weighted by molar-refractivity contribution is 7.89. The normalized spacial score (nSPS) is 13.8. The van der Waals surface area contributed by atoms with Crippen LogP contribution in [-0.2, 0) is 27.9 Å². The van der Waals surface area contributed by atoms with Crippen LogP contribution < -0.4 is 4.90 Å². The minimum Gasteiger partial charge on any atom is -0.507 e. The summed E-state index contributed by atoms with van der Waals surface area (Å²) in [6.45, 7) is -2.51. The minimum atomic E-state index is -5.72. The maximum atomic E-state index is 14.9. The van der Waals surface area contributed by atoms with Crippen LogP contribution in [0.25, 0.3) is 0 Å². The van der Waals surface area contributed by atoms with Crippen molar-refractivity contribution in [3.63, 3.8) is 0 Å². The molecule has 15 heteroatoms. The fraction of sp³-hybridized carbons (Fsp3) is 0.257. The lowest BCUT2D eigenvalue weighted by Crippen LogP contribution is -2.43. The number of phenols is 1. The van der Waals surface area contributed by atoms with Crippen LogP contribution in [0.15, 0.2) is 71.6 Å². The van der Waals surface area contributed by atoms with E-state index in [1.165, 1.54) is 12.1 Å². The fourth-order valence-corrected chi connectivity index (χ4v) is 7.44. The van der Waals surface area contributed by atoms with E-state index in [0.29, 0.717) is 11.5 Å². The number of carboxylic acid groups (broad SMARTS) is 1. The number of carbonyl (C=O) groups excluding carboxylic acids is 1. The molecule has 50 heavy (non-hydrogen) atoms. The van der Waals surface area contributed by atoms with Gasteiger partial charge in [0.1, 0.15) is 17.1 Å². The van der Waals surface area contributed by atoms with Crippen LogP contribution in [0.3, 0.4) is 0 Å². The highest BCUT2D eigenvalue weighted by Gasteiger charge is 2.39. The van der Waals surface area contributed by atoms with Gasteiger partial charge in [0.05, 0.1) is 13.1 Å². The van der Waals surface area contributed by atoms with Crippen molar-refractivity contribution < 1.29 is 54.6 Å². The molecule has 0 heterocycles. The molecule has 0 unspecified atom stereocenters. The SMILES string of the molecule is O=C(O)c1ccc(N(Cc2ccc(C3CCCCC3)cc2)C(=O)CN(Cc2cccc(F)c2)S(=O)(=O)c2c(F)c(F)c(F)c(F)c2F)cc1O. The summed E-state index contributed by atoms with van der Waals surface area (Å²) < 4.78 is 114. The zero-order valence-corrected chi connectivity index (χ0v) is 27.0. The predicted octanol–water partition coefficient (Wildman–Crippen LogP) is 7.40. The summed E-state index contributed by atoms with van der Waals surface area (Å²) in [7, 11) is -5.72. The van der Waals surface area contributed by atoms with E-state index in [4.69, 9.17) is 0 Å². The molecule has 0 saturated heterocycles. The molecule has 0 aromatic heterocycles. The monoisotopic (exact) mass is 720 g/mol. The first-order chi connectivity index (χ1) is 23.7. The van der Waals surface area contributed by atoms with Gasteiger partial charge in [0.2, 0.25) is 21.7 Å². The second kappa shape index (κ2) is 14.9. The smallest absolute Gasteiger partial charge is 0.339 e. The Kier molecular flexibility index (Phi) is 10.9. The predicted molar refractivity (Wildman–Crippen MR) is 169 cm³/mol. The number of rotatable bonds is 11. The molecule has 0 aliphatic heterocycles. The molecule has 1 aliphatic rings. The highest BCUT2D eigenvalue weighted by atomic mass is 32.2. The fourth-order valence-electron chi connectivity index (χ4n) is 5.95. The first kappa shape index (κ1) is 36.4. The third kappa shape index (κ3) is 7.63. The summed E-state index contributed by atoms with van der Waals surface area (Å²) in [5, 5.41) is 19.8. The van der Waals surface area contributed by atoms with Gasteiger partial charge in [-0.15, -0.1) is 0 Å². The molecule has 0 spiro atoms. The molecule has 8 nitrogen and oxygen atoms in total.